The molecule has 152 valence electrons. The average molecular weight is 400 g/mol. The highest BCUT2D eigenvalue weighted by molar-refractivity contribution is 5.95. The van der Waals surface area contributed by atoms with Gasteiger partial charge in [0.15, 0.2) is 11.5 Å². The molecule has 0 radical (unpaired) electrons. The lowest BCUT2D eigenvalue weighted by Gasteiger charge is -2.16. The van der Waals surface area contributed by atoms with Crippen molar-refractivity contribution in [2.45, 2.75) is 31.6 Å². The topological polar surface area (TPSA) is 44.8 Å². The monoisotopic (exact) mass is 400 g/mol. The Morgan fingerprint density at radius 1 is 0.967 bits per heavy atom. The first-order valence-corrected chi connectivity index (χ1v) is 10.3. The third kappa shape index (κ3) is 3.22. The van der Waals surface area contributed by atoms with Crippen LogP contribution in [0.4, 0.5) is 0 Å². The van der Waals surface area contributed by atoms with E-state index in [2.05, 4.69) is 37.3 Å². The van der Waals surface area contributed by atoms with E-state index in [-0.39, 0.29) is 12.6 Å². The molecule has 0 spiro atoms. The van der Waals surface area contributed by atoms with Gasteiger partial charge in [-0.1, -0.05) is 42.0 Å². The molecule has 0 N–H and O–H groups in total. The van der Waals surface area contributed by atoms with Gasteiger partial charge in [0.05, 0.1) is 12.5 Å². The van der Waals surface area contributed by atoms with Crippen molar-refractivity contribution in [3.63, 3.8) is 0 Å². The van der Waals surface area contributed by atoms with Gasteiger partial charge in [-0.05, 0) is 60.7 Å². The van der Waals surface area contributed by atoms with Gasteiger partial charge >= 0.3 is 0 Å². The molecule has 0 atom stereocenters. The molecule has 1 heterocycles. The SMILES string of the molecule is COc1ccc(CC(=O)C2(c3ccc4c(c3)OCO4)CC2)cc1-c1ccc(C)cc1. The highest BCUT2D eigenvalue weighted by Gasteiger charge is 2.50. The summed E-state index contributed by atoms with van der Waals surface area (Å²) in [6, 6.07) is 20.3. The Balaban J connectivity index is 1.42. The fourth-order valence-corrected chi connectivity index (χ4v) is 4.23. The van der Waals surface area contributed by atoms with E-state index >= 15 is 0 Å². The molecule has 0 bridgehead atoms. The molecule has 1 fully saturated rings. The van der Waals surface area contributed by atoms with Gasteiger partial charge in [-0.25, -0.2) is 0 Å². The number of ether oxygens (including phenoxy) is 3. The quantitative estimate of drug-likeness (QED) is 0.567. The molecule has 4 heteroatoms. The number of ketones is 1. The Labute approximate surface area is 176 Å². The molecule has 2 aliphatic rings. The molecule has 1 saturated carbocycles. The summed E-state index contributed by atoms with van der Waals surface area (Å²) in [5.74, 6) is 2.55. The Morgan fingerprint density at radius 3 is 2.47 bits per heavy atom. The lowest BCUT2D eigenvalue weighted by atomic mass is 9.87. The number of benzene rings is 3. The number of carbonyl (C=O) groups excluding carboxylic acids is 1. The minimum absolute atomic E-state index is 0.243. The number of hydrogen-bond acceptors (Lipinski definition) is 4. The molecule has 3 aromatic carbocycles. The van der Waals surface area contributed by atoms with Crippen molar-refractivity contribution in [2.75, 3.05) is 13.9 Å². The van der Waals surface area contributed by atoms with Gasteiger partial charge in [0.25, 0.3) is 0 Å². The summed E-state index contributed by atoms with van der Waals surface area (Å²) in [6.07, 6.45) is 2.16. The largest absolute Gasteiger partial charge is 0.496 e. The first-order chi connectivity index (χ1) is 14.6. The van der Waals surface area contributed by atoms with E-state index < -0.39 is 5.41 Å². The summed E-state index contributed by atoms with van der Waals surface area (Å²) < 4.78 is 16.5. The maximum absolute atomic E-state index is 13.3. The number of rotatable bonds is 6. The first kappa shape index (κ1) is 18.7. The second-order valence-corrected chi connectivity index (χ2v) is 8.15. The van der Waals surface area contributed by atoms with Gasteiger partial charge in [-0.2, -0.15) is 0 Å². The van der Waals surface area contributed by atoms with Crippen LogP contribution in [0.2, 0.25) is 0 Å². The number of carbonyl (C=O) groups is 1. The number of aryl methyl sites for hydroxylation is 1. The van der Waals surface area contributed by atoms with Crippen molar-refractivity contribution in [1.82, 2.24) is 0 Å². The molecule has 1 aliphatic heterocycles. The van der Waals surface area contributed by atoms with E-state index in [1.807, 2.05) is 30.3 Å². The first-order valence-electron chi connectivity index (χ1n) is 10.3. The second-order valence-electron chi connectivity index (χ2n) is 8.15. The van der Waals surface area contributed by atoms with Crippen LogP contribution in [0, 0.1) is 6.92 Å². The maximum atomic E-state index is 13.3. The van der Waals surface area contributed by atoms with Crippen LogP contribution >= 0.6 is 0 Å². The Kier molecular flexibility index (Phi) is 4.50. The minimum Gasteiger partial charge on any atom is -0.496 e. The van der Waals surface area contributed by atoms with Crippen molar-refractivity contribution < 1.29 is 19.0 Å². The number of Topliss-reactive ketones (excluding diaryl/α,β-unsaturated/α-hetero) is 1. The predicted molar refractivity (Wildman–Crippen MR) is 115 cm³/mol. The Morgan fingerprint density at radius 2 is 1.73 bits per heavy atom. The molecule has 0 amide bonds. The van der Waals surface area contributed by atoms with Crippen LogP contribution in [0.15, 0.2) is 60.7 Å². The van der Waals surface area contributed by atoms with E-state index in [9.17, 15) is 4.79 Å². The van der Waals surface area contributed by atoms with Crippen molar-refractivity contribution >= 4 is 5.78 Å². The summed E-state index contributed by atoms with van der Waals surface area (Å²) >= 11 is 0. The fraction of sp³-hybridized carbons (Fsp3) is 0.269. The van der Waals surface area contributed by atoms with Gasteiger partial charge in [0.2, 0.25) is 6.79 Å². The number of methoxy groups -OCH3 is 1. The van der Waals surface area contributed by atoms with Crippen LogP contribution < -0.4 is 14.2 Å². The standard InChI is InChI=1S/C26H24O4/c1-17-3-6-19(7-4-17)21-13-18(5-9-22(21)28-2)14-25(27)26(11-12-26)20-8-10-23-24(15-20)30-16-29-23/h3-10,13,15H,11-12,14,16H2,1-2H3. The minimum atomic E-state index is -0.398. The second kappa shape index (κ2) is 7.21. The summed E-state index contributed by atoms with van der Waals surface area (Å²) in [6.45, 7) is 2.31. The van der Waals surface area contributed by atoms with Crippen molar-refractivity contribution in [1.29, 1.82) is 0 Å². The molecule has 0 aromatic heterocycles. The normalized spacial score (nSPS) is 15.7. The summed E-state index contributed by atoms with van der Waals surface area (Å²) in [7, 11) is 1.68. The van der Waals surface area contributed by atoms with Crippen LogP contribution in [-0.2, 0) is 16.6 Å². The fourth-order valence-electron chi connectivity index (χ4n) is 4.23. The highest BCUT2D eigenvalue weighted by atomic mass is 16.7. The van der Waals surface area contributed by atoms with E-state index in [0.29, 0.717) is 6.42 Å². The van der Waals surface area contributed by atoms with E-state index in [0.717, 1.165) is 52.3 Å². The molecule has 0 unspecified atom stereocenters. The molecule has 3 aromatic rings. The molecule has 30 heavy (non-hydrogen) atoms. The zero-order chi connectivity index (χ0) is 20.7. The van der Waals surface area contributed by atoms with Crippen LogP contribution in [0.25, 0.3) is 11.1 Å². The molecular formula is C26H24O4. The third-order valence-corrected chi connectivity index (χ3v) is 6.20. The molecule has 5 rings (SSSR count). The van der Waals surface area contributed by atoms with Crippen molar-refractivity contribution in [3.05, 3.63) is 77.4 Å². The van der Waals surface area contributed by atoms with Gasteiger partial charge in [-0.15, -0.1) is 0 Å². The summed E-state index contributed by atoms with van der Waals surface area (Å²) in [5, 5.41) is 0. The summed E-state index contributed by atoms with van der Waals surface area (Å²) in [5.41, 5.74) is 4.94. The molecule has 1 aliphatic carbocycles. The average Bonchev–Trinajstić information content (AvgIpc) is 3.45. The van der Waals surface area contributed by atoms with Gasteiger partial charge in [-0.3, -0.25) is 4.79 Å². The zero-order valence-corrected chi connectivity index (χ0v) is 17.2. The molecule has 4 nitrogen and oxygen atoms in total. The van der Waals surface area contributed by atoms with Gasteiger partial charge in [0.1, 0.15) is 11.5 Å². The third-order valence-electron chi connectivity index (χ3n) is 6.20. The predicted octanol–water partition coefficient (Wildman–Crippen LogP) is 5.24. The van der Waals surface area contributed by atoms with Crippen LogP contribution in [0.1, 0.15) is 29.5 Å². The van der Waals surface area contributed by atoms with Gasteiger partial charge in [0, 0.05) is 12.0 Å². The summed E-state index contributed by atoms with van der Waals surface area (Å²) in [4.78, 5) is 13.3. The van der Waals surface area contributed by atoms with E-state index in [1.165, 1.54) is 5.56 Å². The Bertz CT molecular complexity index is 1110. The maximum Gasteiger partial charge on any atom is 0.231 e. The van der Waals surface area contributed by atoms with Crippen LogP contribution in [-0.4, -0.2) is 19.7 Å². The van der Waals surface area contributed by atoms with Crippen LogP contribution in [0.3, 0.4) is 0 Å². The lowest BCUT2D eigenvalue weighted by molar-refractivity contribution is -0.120. The van der Waals surface area contributed by atoms with Crippen molar-refractivity contribution in [2.24, 2.45) is 0 Å². The van der Waals surface area contributed by atoms with Crippen molar-refractivity contribution in [3.8, 4) is 28.4 Å². The smallest absolute Gasteiger partial charge is 0.231 e. The zero-order valence-electron chi connectivity index (χ0n) is 17.2. The Hall–Kier alpha value is -3.27. The molecular weight excluding hydrogens is 376 g/mol. The molecule has 0 saturated heterocycles. The van der Waals surface area contributed by atoms with E-state index in [1.54, 1.807) is 7.11 Å². The highest BCUT2D eigenvalue weighted by Crippen LogP contribution is 2.51. The van der Waals surface area contributed by atoms with Gasteiger partial charge < -0.3 is 14.2 Å². The number of hydrogen-bond donors (Lipinski definition) is 0. The lowest BCUT2D eigenvalue weighted by Crippen LogP contribution is -2.22. The van der Waals surface area contributed by atoms with E-state index in [4.69, 9.17) is 14.2 Å². The number of fused-ring (bicyclic) bond motifs is 1. The van der Waals surface area contributed by atoms with Crippen LogP contribution in [0.5, 0.6) is 17.2 Å².